The van der Waals surface area contributed by atoms with Crippen LogP contribution in [-0.4, -0.2) is 60.6 Å². The lowest BCUT2D eigenvalue weighted by Crippen LogP contribution is -2.49. The van der Waals surface area contributed by atoms with Crippen LogP contribution in [-0.2, 0) is 4.79 Å². The van der Waals surface area contributed by atoms with Gasteiger partial charge >= 0.3 is 0 Å². The summed E-state index contributed by atoms with van der Waals surface area (Å²) in [6.45, 7) is 4.90. The molecule has 1 aliphatic heterocycles. The second-order valence-corrected chi connectivity index (χ2v) is 6.83. The first-order chi connectivity index (χ1) is 12.5. The van der Waals surface area contributed by atoms with Crippen LogP contribution in [0.3, 0.4) is 0 Å². The Morgan fingerprint density at radius 3 is 2.73 bits per heavy atom. The molecule has 144 valence electrons. The normalized spacial score (nSPS) is 17.7. The molecule has 8 heteroatoms. The third-order valence-electron chi connectivity index (χ3n) is 4.34. The summed E-state index contributed by atoms with van der Waals surface area (Å²) in [5.41, 5.74) is 5.92. The zero-order valence-electron chi connectivity index (χ0n) is 15.1. The lowest BCUT2D eigenvalue weighted by molar-refractivity contribution is -0.119. The van der Waals surface area contributed by atoms with Gasteiger partial charge < -0.3 is 21.5 Å². The highest BCUT2D eigenvalue weighted by atomic mass is 35.5. The van der Waals surface area contributed by atoms with Crippen molar-refractivity contribution in [3.8, 4) is 0 Å². The van der Waals surface area contributed by atoms with E-state index in [-0.39, 0.29) is 18.5 Å². The minimum Gasteiger partial charge on any atom is -0.386 e. The number of guanidine groups is 1. The van der Waals surface area contributed by atoms with Crippen LogP contribution in [0.4, 0.5) is 0 Å². The average molecular weight is 382 g/mol. The highest BCUT2D eigenvalue weighted by molar-refractivity contribution is 6.31. The molecule has 0 bridgehead atoms. The fraction of sp³-hybridized carbons (Fsp3) is 0.556. The quantitative estimate of drug-likeness (QED) is 0.414. The van der Waals surface area contributed by atoms with Crippen molar-refractivity contribution >= 4 is 23.5 Å². The van der Waals surface area contributed by atoms with Crippen LogP contribution < -0.4 is 16.4 Å². The minimum atomic E-state index is -0.753. The number of aliphatic hydroxyl groups is 1. The van der Waals surface area contributed by atoms with Crippen LogP contribution in [0.1, 0.15) is 31.4 Å². The standard InChI is InChI=1S/C18H28ClN5O2/c1-2-21-18(22-11-16(25)14-5-3-4-6-15(14)19)23-13-7-9-24(10-8-13)12-17(20)26/h3-6,13,16,25H,2,7-12H2,1H3,(H2,20,26)(H2,21,22,23). The number of rotatable bonds is 7. The van der Waals surface area contributed by atoms with Gasteiger partial charge in [-0.3, -0.25) is 14.7 Å². The lowest BCUT2D eigenvalue weighted by atomic mass is 10.1. The predicted molar refractivity (Wildman–Crippen MR) is 104 cm³/mol. The molecule has 1 aliphatic rings. The van der Waals surface area contributed by atoms with E-state index < -0.39 is 6.10 Å². The Bertz CT molecular complexity index is 617. The third-order valence-corrected chi connectivity index (χ3v) is 4.68. The highest BCUT2D eigenvalue weighted by Gasteiger charge is 2.21. The fourth-order valence-electron chi connectivity index (χ4n) is 2.99. The first kappa shape index (κ1) is 20.5. The number of primary amides is 1. The van der Waals surface area contributed by atoms with E-state index in [9.17, 15) is 9.90 Å². The van der Waals surface area contributed by atoms with Crippen molar-refractivity contribution in [1.29, 1.82) is 0 Å². The number of aliphatic hydroxyl groups excluding tert-OH is 1. The Morgan fingerprint density at radius 2 is 2.12 bits per heavy atom. The van der Waals surface area contributed by atoms with Crippen LogP contribution >= 0.6 is 11.6 Å². The van der Waals surface area contributed by atoms with Gasteiger partial charge in [0.05, 0.1) is 13.1 Å². The number of carbonyl (C=O) groups is 1. The molecular weight excluding hydrogens is 354 g/mol. The number of nitrogens with two attached hydrogens (primary N) is 1. The van der Waals surface area contributed by atoms with Gasteiger partial charge in [-0.2, -0.15) is 0 Å². The maximum Gasteiger partial charge on any atom is 0.231 e. The molecule has 0 spiro atoms. The van der Waals surface area contributed by atoms with Crippen molar-refractivity contribution in [1.82, 2.24) is 15.5 Å². The first-order valence-electron chi connectivity index (χ1n) is 8.97. The summed E-state index contributed by atoms with van der Waals surface area (Å²) in [6.07, 6.45) is 1.06. The molecule has 1 aromatic carbocycles. The lowest BCUT2D eigenvalue weighted by Gasteiger charge is -2.32. The first-order valence-corrected chi connectivity index (χ1v) is 9.35. The molecule has 0 aromatic heterocycles. The number of aliphatic imine (C=N–C) groups is 1. The van der Waals surface area contributed by atoms with Gasteiger partial charge in [0.25, 0.3) is 0 Å². The summed E-state index contributed by atoms with van der Waals surface area (Å²) in [5.74, 6) is 0.381. The molecule has 1 atom stereocenters. The Balaban J connectivity index is 1.89. The van der Waals surface area contributed by atoms with Crippen LogP contribution in [0.5, 0.6) is 0 Å². The van der Waals surface area contributed by atoms with E-state index in [2.05, 4.69) is 20.5 Å². The topological polar surface area (TPSA) is 103 Å². The van der Waals surface area contributed by atoms with E-state index in [0.29, 0.717) is 23.1 Å². The number of hydrogen-bond donors (Lipinski definition) is 4. The second-order valence-electron chi connectivity index (χ2n) is 6.42. The van der Waals surface area contributed by atoms with Gasteiger partial charge in [-0.25, -0.2) is 0 Å². The highest BCUT2D eigenvalue weighted by Crippen LogP contribution is 2.22. The molecule has 5 N–H and O–H groups in total. The van der Waals surface area contributed by atoms with Gasteiger partial charge in [-0.1, -0.05) is 29.8 Å². The SMILES string of the molecule is CCNC(=NCC(O)c1ccccc1Cl)NC1CCN(CC(N)=O)CC1. The average Bonchev–Trinajstić information content (AvgIpc) is 2.61. The van der Waals surface area contributed by atoms with Gasteiger partial charge in [0.1, 0.15) is 6.10 Å². The van der Waals surface area contributed by atoms with Crippen LogP contribution in [0.2, 0.25) is 5.02 Å². The smallest absolute Gasteiger partial charge is 0.231 e. The second kappa shape index (κ2) is 10.4. The van der Waals surface area contributed by atoms with Crippen LogP contribution in [0.15, 0.2) is 29.3 Å². The molecule has 1 unspecified atom stereocenters. The van der Waals surface area contributed by atoms with E-state index in [1.54, 1.807) is 12.1 Å². The number of likely N-dealkylation sites (tertiary alicyclic amines) is 1. The Hall–Kier alpha value is -1.83. The van der Waals surface area contributed by atoms with Crippen molar-refractivity contribution < 1.29 is 9.90 Å². The molecule has 26 heavy (non-hydrogen) atoms. The fourth-order valence-corrected chi connectivity index (χ4v) is 3.25. The Kier molecular flexibility index (Phi) is 8.15. The number of hydrogen-bond acceptors (Lipinski definition) is 4. The van der Waals surface area contributed by atoms with Gasteiger partial charge in [-0.15, -0.1) is 0 Å². The summed E-state index contributed by atoms with van der Waals surface area (Å²) in [7, 11) is 0. The molecule has 0 radical (unpaired) electrons. The number of piperidine rings is 1. The van der Waals surface area contributed by atoms with Crippen molar-refractivity contribution in [2.75, 3.05) is 32.7 Å². The van der Waals surface area contributed by atoms with Gasteiger partial charge in [0.15, 0.2) is 5.96 Å². The van der Waals surface area contributed by atoms with E-state index in [0.717, 1.165) is 32.5 Å². The molecule has 1 heterocycles. The van der Waals surface area contributed by atoms with Crippen molar-refractivity contribution in [3.63, 3.8) is 0 Å². The summed E-state index contributed by atoms with van der Waals surface area (Å²) in [6, 6.07) is 7.51. The predicted octanol–water partition coefficient (Wildman–Crippen LogP) is 0.878. The number of amides is 1. The zero-order chi connectivity index (χ0) is 18.9. The number of halogens is 1. The number of nitrogens with one attached hydrogen (secondary N) is 2. The number of benzene rings is 1. The summed E-state index contributed by atoms with van der Waals surface area (Å²) >= 11 is 6.12. The third kappa shape index (κ3) is 6.48. The van der Waals surface area contributed by atoms with Crippen LogP contribution in [0.25, 0.3) is 0 Å². The Morgan fingerprint density at radius 1 is 1.42 bits per heavy atom. The van der Waals surface area contributed by atoms with Crippen molar-refractivity contribution in [3.05, 3.63) is 34.9 Å². The van der Waals surface area contributed by atoms with E-state index in [1.807, 2.05) is 19.1 Å². The van der Waals surface area contributed by atoms with E-state index in [4.69, 9.17) is 17.3 Å². The zero-order valence-corrected chi connectivity index (χ0v) is 15.9. The number of carbonyl (C=O) groups excluding carboxylic acids is 1. The summed E-state index contributed by atoms with van der Waals surface area (Å²) < 4.78 is 0. The molecular formula is C18H28ClN5O2. The maximum atomic E-state index is 11.0. The minimum absolute atomic E-state index is 0.222. The molecule has 2 rings (SSSR count). The summed E-state index contributed by atoms with van der Waals surface area (Å²) in [5, 5.41) is 17.5. The maximum absolute atomic E-state index is 11.0. The van der Waals surface area contributed by atoms with Crippen molar-refractivity contribution in [2.45, 2.75) is 31.9 Å². The summed E-state index contributed by atoms with van der Waals surface area (Å²) in [4.78, 5) is 17.6. The van der Waals surface area contributed by atoms with Gasteiger partial charge in [-0.05, 0) is 25.8 Å². The molecule has 7 nitrogen and oxygen atoms in total. The van der Waals surface area contributed by atoms with Gasteiger partial charge in [0.2, 0.25) is 5.91 Å². The van der Waals surface area contributed by atoms with E-state index >= 15 is 0 Å². The van der Waals surface area contributed by atoms with Gasteiger partial charge in [0, 0.05) is 36.3 Å². The molecule has 1 aromatic rings. The molecule has 1 amide bonds. The Labute approximate surface area is 159 Å². The van der Waals surface area contributed by atoms with E-state index in [1.165, 1.54) is 0 Å². The molecule has 0 saturated carbocycles. The number of nitrogens with zero attached hydrogens (tertiary/aromatic N) is 2. The molecule has 1 saturated heterocycles. The molecule has 1 fully saturated rings. The van der Waals surface area contributed by atoms with Crippen LogP contribution in [0, 0.1) is 0 Å². The monoisotopic (exact) mass is 381 g/mol. The van der Waals surface area contributed by atoms with Crippen molar-refractivity contribution in [2.24, 2.45) is 10.7 Å². The largest absolute Gasteiger partial charge is 0.386 e. The molecule has 0 aliphatic carbocycles.